The first-order valence-corrected chi connectivity index (χ1v) is 6.34. The number of hydrogen-bond donors (Lipinski definition) is 0. The van der Waals surface area contributed by atoms with Gasteiger partial charge in [-0.1, -0.05) is 6.08 Å². The molecule has 1 fully saturated rings. The summed E-state index contributed by atoms with van der Waals surface area (Å²) < 4.78 is 10.1. The van der Waals surface area contributed by atoms with Crippen LogP contribution in [0.2, 0.25) is 0 Å². The molecule has 1 aliphatic rings. The van der Waals surface area contributed by atoms with E-state index in [1.165, 1.54) is 20.0 Å². The molecule has 0 saturated carbocycles. The molecule has 1 saturated heterocycles. The normalized spacial score (nSPS) is 21.7. The number of carbonyl (C=O) groups is 1. The van der Waals surface area contributed by atoms with E-state index in [-0.39, 0.29) is 5.97 Å². The van der Waals surface area contributed by atoms with Crippen molar-refractivity contribution in [1.82, 2.24) is 0 Å². The quantitative estimate of drug-likeness (QED) is 0.411. The molecule has 1 atom stereocenters. The van der Waals surface area contributed by atoms with E-state index in [2.05, 4.69) is 4.74 Å². The molecule has 0 aromatic carbocycles. The molecule has 86 valence electrons. The van der Waals surface area contributed by atoms with E-state index in [9.17, 15) is 4.79 Å². The van der Waals surface area contributed by atoms with Gasteiger partial charge in [-0.05, 0) is 19.8 Å². The Kier molecular flexibility index (Phi) is 5.79. The maximum Gasteiger partial charge on any atom is 0.333 e. The monoisotopic (exact) mass is 230 g/mol. The van der Waals surface area contributed by atoms with Gasteiger partial charge in [0.25, 0.3) is 0 Å². The summed E-state index contributed by atoms with van der Waals surface area (Å²) in [5.74, 6) is 1.62. The molecule has 0 aromatic heterocycles. The lowest BCUT2D eigenvalue weighted by Crippen LogP contribution is -2.08. The van der Waals surface area contributed by atoms with E-state index >= 15 is 0 Å². The predicted octanol–water partition coefficient (Wildman–Crippen LogP) is 2.02. The van der Waals surface area contributed by atoms with Crippen LogP contribution in [0.1, 0.15) is 19.8 Å². The largest absolute Gasteiger partial charge is 0.466 e. The van der Waals surface area contributed by atoms with Crippen molar-refractivity contribution in [1.29, 1.82) is 0 Å². The second-order valence-corrected chi connectivity index (χ2v) is 4.63. The minimum absolute atomic E-state index is 0.243. The van der Waals surface area contributed by atoms with Crippen LogP contribution in [0.15, 0.2) is 11.6 Å². The lowest BCUT2D eigenvalue weighted by atomic mass is 10.3. The number of methoxy groups -OCH3 is 1. The fourth-order valence-electron chi connectivity index (χ4n) is 1.40. The van der Waals surface area contributed by atoms with E-state index in [1.807, 2.05) is 6.08 Å². The average Bonchev–Trinajstić information content (AvgIpc) is 2.75. The van der Waals surface area contributed by atoms with E-state index in [0.717, 1.165) is 18.1 Å². The number of esters is 1. The van der Waals surface area contributed by atoms with Gasteiger partial charge in [0, 0.05) is 23.7 Å². The Bertz CT molecular complexity index is 232. The molecular weight excluding hydrogens is 212 g/mol. The van der Waals surface area contributed by atoms with Gasteiger partial charge in [-0.3, -0.25) is 0 Å². The van der Waals surface area contributed by atoms with Crippen molar-refractivity contribution < 1.29 is 14.3 Å². The Morgan fingerprint density at radius 1 is 1.67 bits per heavy atom. The average molecular weight is 230 g/mol. The van der Waals surface area contributed by atoms with Crippen molar-refractivity contribution in [3.63, 3.8) is 0 Å². The number of thioether (sulfide) groups is 1. The lowest BCUT2D eigenvalue weighted by Gasteiger charge is -2.07. The SMILES string of the molecule is COC(=O)C(C)=CCSCC1CCCO1. The molecule has 0 bridgehead atoms. The molecule has 0 aromatic rings. The molecular formula is C11H18O3S. The molecule has 1 heterocycles. The summed E-state index contributed by atoms with van der Waals surface area (Å²) in [7, 11) is 1.40. The van der Waals surface area contributed by atoms with E-state index in [1.54, 1.807) is 18.7 Å². The molecule has 1 aliphatic heterocycles. The zero-order valence-corrected chi connectivity index (χ0v) is 10.1. The van der Waals surface area contributed by atoms with Crippen LogP contribution in [0.3, 0.4) is 0 Å². The summed E-state index contributed by atoms with van der Waals surface area (Å²) in [4.78, 5) is 11.0. The van der Waals surface area contributed by atoms with Crippen molar-refractivity contribution in [3.8, 4) is 0 Å². The minimum atomic E-state index is -0.243. The third-order valence-electron chi connectivity index (χ3n) is 2.34. The van der Waals surface area contributed by atoms with Gasteiger partial charge >= 0.3 is 5.97 Å². The second kappa shape index (κ2) is 6.90. The van der Waals surface area contributed by atoms with E-state index in [4.69, 9.17) is 4.74 Å². The fourth-order valence-corrected chi connectivity index (χ4v) is 2.43. The maximum atomic E-state index is 11.0. The molecule has 1 rings (SSSR count). The van der Waals surface area contributed by atoms with E-state index in [0.29, 0.717) is 11.7 Å². The van der Waals surface area contributed by atoms with Gasteiger partial charge in [0.1, 0.15) is 0 Å². The molecule has 0 radical (unpaired) electrons. The summed E-state index contributed by atoms with van der Waals surface area (Å²) in [6.45, 7) is 2.68. The molecule has 0 amide bonds. The molecule has 0 N–H and O–H groups in total. The van der Waals surface area contributed by atoms with Crippen LogP contribution in [-0.4, -0.2) is 37.3 Å². The highest BCUT2D eigenvalue weighted by molar-refractivity contribution is 7.99. The van der Waals surface area contributed by atoms with Crippen molar-refractivity contribution in [2.24, 2.45) is 0 Å². The summed E-state index contributed by atoms with van der Waals surface area (Å²) >= 11 is 1.80. The van der Waals surface area contributed by atoms with Crippen LogP contribution >= 0.6 is 11.8 Å². The molecule has 4 heteroatoms. The van der Waals surface area contributed by atoms with Gasteiger partial charge in [0.15, 0.2) is 0 Å². The van der Waals surface area contributed by atoms with Crippen LogP contribution in [0.25, 0.3) is 0 Å². The van der Waals surface area contributed by atoms with Gasteiger partial charge in [0.05, 0.1) is 13.2 Å². The zero-order valence-electron chi connectivity index (χ0n) is 9.32. The highest BCUT2D eigenvalue weighted by Crippen LogP contribution is 2.17. The number of rotatable bonds is 5. The lowest BCUT2D eigenvalue weighted by molar-refractivity contribution is -0.136. The summed E-state index contributed by atoms with van der Waals surface area (Å²) in [6.07, 6.45) is 4.68. The highest BCUT2D eigenvalue weighted by Gasteiger charge is 2.14. The Morgan fingerprint density at radius 2 is 2.47 bits per heavy atom. The standard InChI is InChI=1S/C11H18O3S/c1-9(11(12)13-2)5-7-15-8-10-4-3-6-14-10/h5,10H,3-4,6-8H2,1-2H3. The van der Waals surface area contributed by atoms with Crippen molar-refractivity contribution in [2.75, 3.05) is 25.2 Å². The van der Waals surface area contributed by atoms with E-state index < -0.39 is 0 Å². The smallest absolute Gasteiger partial charge is 0.333 e. The number of carbonyl (C=O) groups excluding carboxylic acids is 1. The van der Waals surface area contributed by atoms with Crippen molar-refractivity contribution in [2.45, 2.75) is 25.9 Å². The van der Waals surface area contributed by atoms with Crippen LogP contribution < -0.4 is 0 Å². The maximum absolute atomic E-state index is 11.0. The van der Waals surface area contributed by atoms with Gasteiger partial charge in [-0.25, -0.2) is 4.79 Å². The van der Waals surface area contributed by atoms with Crippen LogP contribution in [0.4, 0.5) is 0 Å². The topological polar surface area (TPSA) is 35.5 Å². The third kappa shape index (κ3) is 4.71. The molecule has 0 aliphatic carbocycles. The van der Waals surface area contributed by atoms with Crippen molar-refractivity contribution >= 4 is 17.7 Å². The van der Waals surface area contributed by atoms with Crippen LogP contribution in [0.5, 0.6) is 0 Å². The molecule has 3 nitrogen and oxygen atoms in total. The third-order valence-corrected chi connectivity index (χ3v) is 3.35. The summed E-state index contributed by atoms with van der Waals surface area (Å²) in [6, 6.07) is 0. The Balaban J connectivity index is 2.11. The second-order valence-electron chi connectivity index (χ2n) is 3.55. The summed E-state index contributed by atoms with van der Waals surface area (Å²) in [5, 5.41) is 0. The molecule has 1 unspecified atom stereocenters. The van der Waals surface area contributed by atoms with Crippen LogP contribution in [-0.2, 0) is 14.3 Å². The van der Waals surface area contributed by atoms with Gasteiger partial charge in [-0.15, -0.1) is 0 Å². The first-order valence-electron chi connectivity index (χ1n) is 5.18. The summed E-state index contributed by atoms with van der Waals surface area (Å²) in [5.41, 5.74) is 0.678. The van der Waals surface area contributed by atoms with Gasteiger partial charge < -0.3 is 9.47 Å². The Labute approximate surface area is 95.2 Å². The number of hydrogen-bond acceptors (Lipinski definition) is 4. The predicted molar refractivity (Wildman–Crippen MR) is 62.1 cm³/mol. The first-order chi connectivity index (χ1) is 7.24. The van der Waals surface area contributed by atoms with Crippen LogP contribution in [0, 0.1) is 0 Å². The fraction of sp³-hybridized carbons (Fsp3) is 0.727. The molecule has 15 heavy (non-hydrogen) atoms. The molecule has 0 spiro atoms. The minimum Gasteiger partial charge on any atom is -0.466 e. The Hall–Kier alpha value is -0.480. The van der Waals surface area contributed by atoms with Gasteiger partial charge in [0.2, 0.25) is 0 Å². The Morgan fingerprint density at radius 3 is 3.07 bits per heavy atom. The first kappa shape index (κ1) is 12.6. The number of ether oxygens (including phenoxy) is 2. The highest BCUT2D eigenvalue weighted by atomic mass is 32.2. The zero-order chi connectivity index (χ0) is 11.1. The van der Waals surface area contributed by atoms with Crippen molar-refractivity contribution in [3.05, 3.63) is 11.6 Å². The van der Waals surface area contributed by atoms with Gasteiger partial charge in [-0.2, -0.15) is 11.8 Å².